The number of aliphatic hydroxyl groups is 1. The first-order valence-corrected chi connectivity index (χ1v) is 4.92. The van der Waals surface area contributed by atoms with E-state index < -0.39 is 0 Å². The molecule has 2 unspecified atom stereocenters. The second-order valence-corrected chi connectivity index (χ2v) is 4.03. The van der Waals surface area contributed by atoms with E-state index in [1.165, 1.54) is 19.3 Å². The van der Waals surface area contributed by atoms with E-state index in [4.69, 9.17) is 0 Å². The second-order valence-electron chi connectivity index (χ2n) is 4.03. The van der Waals surface area contributed by atoms with Crippen LogP contribution in [0.15, 0.2) is 0 Å². The Morgan fingerprint density at radius 3 is 2.64 bits per heavy atom. The lowest BCUT2D eigenvalue weighted by atomic mass is 9.96. The van der Waals surface area contributed by atoms with Crippen LogP contribution in [-0.2, 0) is 0 Å². The van der Waals surface area contributed by atoms with Crippen molar-refractivity contribution < 1.29 is 5.11 Å². The predicted octanol–water partition coefficient (Wildman–Crippen LogP) is 2.58. The maximum atomic E-state index is 9.67. The molecule has 1 saturated carbocycles. The summed E-state index contributed by atoms with van der Waals surface area (Å²) in [5, 5.41) is 9.67. The van der Waals surface area contributed by atoms with Crippen molar-refractivity contribution in [3.05, 3.63) is 0 Å². The summed E-state index contributed by atoms with van der Waals surface area (Å²) in [4.78, 5) is 0. The van der Waals surface area contributed by atoms with Crippen LogP contribution in [0.3, 0.4) is 0 Å². The Bertz CT molecular complexity index is 111. The molecule has 0 heterocycles. The molecule has 1 N–H and O–H groups in total. The second kappa shape index (κ2) is 4.10. The molecule has 0 aromatic heterocycles. The fourth-order valence-corrected chi connectivity index (χ4v) is 2.13. The lowest BCUT2D eigenvalue weighted by Gasteiger charge is -2.16. The molecule has 0 aromatic rings. The van der Waals surface area contributed by atoms with E-state index in [0.29, 0.717) is 5.92 Å². The van der Waals surface area contributed by atoms with Crippen molar-refractivity contribution >= 4 is 0 Å². The van der Waals surface area contributed by atoms with Gasteiger partial charge in [0.05, 0.1) is 6.10 Å². The lowest BCUT2D eigenvalue weighted by molar-refractivity contribution is 0.0993. The molecule has 0 spiro atoms. The summed E-state index contributed by atoms with van der Waals surface area (Å²) in [6.45, 7) is 4.43. The summed E-state index contributed by atoms with van der Waals surface area (Å²) in [6, 6.07) is 0. The summed E-state index contributed by atoms with van der Waals surface area (Å²) < 4.78 is 0. The van der Waals surface area contributed by atoms with Gasteiger partial charge in [-0.1, -0.05) is 26.7 Å². The van der Waals surface area contributed by atoms with Gasteiger partial charge in [0.1, 0.15) is 0 Å². The fourth-order valence-electron chi connectivity index (χ4n) is 2.13. The highest BCUT2D eigenvalue weighted by molar-refractivity contribution is 4.77. The molecule has 0 bridgehead atoms. The zero-order valence-electron chi connectivity index (χ0n) is 7.71. The maximum absolute atomic E-state index is 9.67. The number of hydrogen-bond acceptors (Lipinski definition) is 1. The van der Waals surface area contributed by atoms with Gasteiger partial charge >= 0.3 is 0 Å². The van der Waals surface area contributed by atoms with Gasteiger partial charge in [-0.15, -0.1) is 0 Å². The summed E-state index contributed by atoms with van der Waals surface area (Å²) in [7, 11) is 0. The monoisotopic (exact) mass is 156 g/mol. The number of hydrogen-bond donors (Lipinski definition) is 1. The minimum Gasteiger partial charge on any atom is -0.393 e. The zero-order chi connectivity index (χ0) is 8.27. The van der Waals surface area contributed by atoms with Crippen molar-refractivity contribution in [1.82, 2.24) is 0 Å². The molecule has 3 atom stereocenters. The molecule has 1 aliphatic rings. The summed E-state index contributed by atoms with van der Waals surface area (Å²) in [5.74, 6) is 1.47. The van der Waals surface area contributed by atoms with E-state index in [0.717, 1.165) is 18.8 Å². The first-order valence-electron chi connectivity index (χ1n) is 4.92. The van der Waals surface area contributed by atoms with Crippen LogP contribution in [0.4, 0.5) is 0 Å². The largest absolute Gasteiger partial charge is 0.393 e. The van der Waals surface area contributed by atoms with Crippen molar-refractivity contribution in [3.63, 3.8) is 0 Å². The van der Waals surface area contributed by atoms with Crippen molar-refractivity contribution in [2.75, 3.05) is 0 Å². The summed E-state index contributed by atoms with van der Waals surface area (Å²) in [6.07, 6.45) is 5.93. The van der Waals surface area contributed by atoms with Gasteiger partial charge in [-0.3, -0.25) is 0 Å². The van der Waals surface area contributed by atoms with E-state index in [1.54, 1.807) is 0 Å². The zero-order valence-corrected chi connectivity index (χ0v) is 7.71. The summed E-state index contributed by atoms with van der Waals surface area (Å²) >= 11 is 0. The molecule has 1 rings (SSSR count). The van der Waals surface area contributed by atoms with E-state index in [2.05, 4.69) is 13.8 Å². The van der Waals surface area contributed by atoms with Crippen LogP contribution in [0.25, 0.3) is 0 Å². The Morgan fingerprint density at radius 1 is 1.45 bits per heavy atom. The highest BCUT2D eigenvalue weighted by atomic mass is 16.3. The highest BCUT2D eigenvalue weighted by Crippen LogP contribution is 2.33. The van der Waals surface area contributed by atoms with Crippen LogP contribution in [0.1, 0.15) is 46.0 Å². The Labute approximate surface area is 69.8 Å². The van der Waals surface area contributed by atoms with Crippen LogP contribution in [-0.4, -0.2) is 11.2 Å². The standard InChI is InChI=1S/C10H20O/c1-3-4-10(11)9-6-5-8(2)7-9/h8-11H,3-7H2,1-2H3/t8?,9?,10-/m0/s1. The first kappa shape index (κ1) is 9.05. The van der Waals surface area contributed by atoms with Gasteiger partial charge in [-0.2, -0.15) is 0 Å². The molecule has 0 radical (unpaired) electrons. The molecule has 0 saturated heterocycles. The van der Waals surface area contributed by atoms with Gasteiger partial charge in [0.2, 0.25) is 0 Å². The fraction of sp³-hybridized carbons (Fsp3) is 1.00. The van der Waals surface area contributed by atoms with Crippen LogP contribution in [0.5, 0.6) is 0 Å². The Hall–Kier alpha value is -0.0400. The summed E-state index contributed by atoms with van der Waals surface area (Å²) in [5.41, 5.74) is 0. The molecule has 1 aliphatic carbocycles. The molecule has 1 nitrogen and oxygen atoms in total. The molecule has 1 fully saturated rings. The van der Waals surface area contributed by atoms with E-state index >= 15 is 0 Å². The number of rotatable bonds is 3. The van der Waals surface area contributed by atoms with E-state index in [1.807, 2.05) is 0 Å². The Balaban J connectivity index is 2.25. The van der Waals surface area contributed by atoms with Gasteiger partial charge in [-0.05, 0) is 31.1 Å². The van der Waals surface area contributed by atoms with Crippen LogP contribution >= 0.6 is 0 Å². The molecule has 0 aromatic carbocycles. The first-order chi connectivity index (χ1) is 5.24. The average Bonchev–Trinajstić information content (AvgIpc) is 2.36. The third-order valence-corrected chi connectivity index (χ3v) is 2.86. The van der Waals surface area contributed by atoms with Gasteiger partial charge in [0.25, 0.3) is 0 Å². The van der Waals surface area contributed by atoms with Crippen LogP contribution < -0.4 is 0 Å². The molecule has 0 amide bonds. The molecule has 1 heteroatoms. The van der Waals surface area contributed by atoms with Gasteiger partial charge in [0.15, 0.2) is 0 Å². The number of aliphatic hydroxyl groups excluding tert-OH is 1. The smallest absolute Gasteiger partial charge is 0.0568 e. The predicted molar refractivity (Wildman–Crippen MR) is 47.4 cm³/mol. The Kier molecular flexibility index (Phi) is 3.38. The van der Waals surface area contributed by atoms with Gasteiger partial charge < -0.3 is 5.11 Å². The maximum Gasteiger partial charge on any atom is 0.0568 e. The highest BCUT2D eigenvalue weighted by Gasteiger charge is 2.26. The van der Waals surface area contributed by atoms with Crippen LogP contribution in [0.2, 0.25) is 0 Å². The third kappa shape index (κ3) is 2.48. The van der Waals surface area contributed by atoms with Gasteiger partial charge in [-0.25, -0.2) is 0 Å². The topological polar surface area (TPSA) is 20.2 Å². The SMILES string of the molecule is CCC[C@H](O)C1CCC(C)C1. The van der Waals surface area contributed by atoms with Crippen LogP contribution in [0, 0.1) is 11.8 Å². The minimum atomic E-state index is -0.00931. The van der Waals surface area contributed by atoms with E-state index in [-0.39, 0.29) is 6.10 Å². The Morgan fingerprint density at radius 2 is 2.18 bits per heavy atom. The molecule has 0 aliphatic heterocycles. The minimum absolute atomic E-state index is 0.00931. The lowest BCUT2D eigenvalue weighted by Crippen LogP contribution is -2.17. The van der Waals surface area contributed by atoms with Crippen molar-refractivity contribution in [2.45, 2.75) is 52.1 Å². The average molecular weight is 156 g/mol. The van der Waals surface area contributed by atoms with Crippen molar-refractivity contribution in [3.8, 4) is 0 Å². The molecule has 66 valence electrons. The van der Waals surface area contributed by atoms with Crippen molar-refractivity contribution in [2.24, 2.45) is 11.8 Å². The molecular formula is C10H20O. The van der Waals surface area contributed by atoms with E-state index in [9.17, 15) is 5.11 Å². The quantitative estimate of drug-likeness (QED) is 0.666. The normalized spacial score (nSPS) is 34.1. The third-order valence-electron chi connectivity index (χ3n) is 2.86. The molecular weight excluding hydrogens is 136 g/mol. The van der Waals surface area contributed by atoms with Gasteiger partial charge in [0, 0.05) is 0 Å². The van der Waals surface area contributed by atoms with Crippen molar-refractivity contribution in [1.29, 1.82) is 0 Å². The molecule has 11 heavy (non-hydrogen) atoms.